The molecular weight excluding hydrogens is 384 g/mol. The molecule has 5 heteroatoms. The highest BCUT2D eigenvalue weighted by Crippen LogP contribution is 2.34. The van der Waals surface area contributed by atoms with Gasteiger partial charge in [0.1, 0.15) is 0 Å². The second-order valence-electron chi connectivity index (χ2n) is 7.84. The number of carbonyl (C=O) groups excluding carboxylic acids is 1. The summed E-state index contributed by atoms with van der Waals surface area (Å²) in [6.07, 6.45) is 11.7. The van der Waals surface area contributed by atoms with E-state index in [4.69, 9.17) is 4.98 Å². The van der Waals surface area contributed by atoms with E-state index in [1.807, 2.05) is 25.3 Å². The molecule has 0 fully saturated rings. The number of hydrogen-bond acceptors (Lipinski definition) is 4. The number of anilines is 1. The smallest absolute Gasteiger partial charge is 0.257 e. The van der Waals surface area contributed by atoms with Gasteiger partial charge in [-0.1, -0.05) is 18.2 Å². The number of benzene rings is 1. The van der Waals surface area contributed by atoms with Gasteiger partial charge in [0.15, 0.2) is 0 Å². The minimum atomic E-state index is -0.154. The van der Waals surface area contributed by atoms with E-state index in [9.17, 15) is 4.79 Å². The molecule has 1 aliphatic rings. The number of fused-ring (bicyclic) bond motifs is 3. The number of nitrogens with zero attached hydrogens (tertiary/aromatic N) is 3. The molecule has 1 N–H and O–H groups in total. The standard InChI is InChI=1S/C26H22N4O/c1-17-14-28-11-9-24(17)30-26(31)22-12-20-5-2-4-18-7-8-19(21-6-3-10-27-15-21)13-23(18)25(20)29-16-22/h3,6-16H,2,4-5H2,1H3,(H,28,30,31). The molecule has 4 aromatic rings. The van der Waals surface area contributed by atoms with Crippen LogP contribution in [-0.4, -0.2) is 20.9 Å². The SMILES string of the molecule is Cc1cnccc1NC(=O)c1cnc2c(c1)CCCc1ccc(-c3cccnc3)cc1-2. The molecule has 0 atom stereocenters. The Hall–Kier alpha value is -3.86. The summed E-state index contributed by atoms with van der Waals surface area (Å²) in [5.74, 6) is -0.154. The molecule has 1 amide bonds. The van der Waals surface area contributed by atoms with Crippen LogP contribution >= 0.6 is 0 Å². The number of hydrogen-bond donors (Lipinski definition) is 1. The lowest BCUT2D eigenvalue weighted by Gasteiger charge is -2.13. The lowest BCUT2D eigenvalue weighted by atomic mass is 9.96. The van der Waals surface area contributed by atoms with Gasteiger partial charge >= 0.3 is 0 Å². The average molecular weight is 406 g/mol. The van der Waals surface area contributed by atoms with Gasteiger partial charge in [-0.05, 0) is 72.7 Å². The van der Waals surface area contributed by atoms with Crippen LogP contribution in [0.4, 0.5) is 5.69 Å². The summed E-state index contributed by atoms with van der Waals surface area (Å²) in [6.45, 7) is 1.93. The summed E-state index contributed by atoms with van der Waals surface area (Å²) >= 11 is 0. The third-order valence-electron chi connectivity index (χ3n) is 5.75. The van der Waals surface area contributed by atoms with Crippen molar-refractivity contribution in [2.24, 2.45) is 0 Å². The van der Waals surface area contributed by atoms with Crippen LogP contribution in [-0.2, 0) is 12.8 Å². The minimum Gasteiger partial charge on any atom is -0.322 e. The molecule has 0 unspecified atom stereocenters. The van der Waals surface area contributed by atoms with Crippen molar-refractivity contribution in [3.8, 4) is 22.4 Å². The predicted octanol–water partition coefficient (Wildman–Crippen LogP) is 5.26. The van der Waals surface area contributed by atoms with Gasteiger partial charge in [-0.3, -0.25) is 19.7 Å². The summed E-state index contributed by atoms with van der Waals surface area (Å²) < 4.78 is 0. The molecule has 1 aliphatic carbocycles. The van der Waals surface area contributed by atoms with Crippen molar-refractivity contribution >= 4 is 11.6 Å². The molecule has 31 heavy (non-hydrogen) atoms. The molecule has 1 aromatic carbocycles. The van der Waals surface area contributed by atoms with Crippen LogP contribution in [0.2, 0.25) is 0 Å². The molecule has 3 aromatic heterocycles. The molecule has 0 aliphatic heterocycles. The minimum absolute atomic E-state index is 0.154. The first-order chi connectivity index (χ1) is 15.2. The van der Waals surface area contributed by atoms with E-state index in [1.165, 1.54) is 5.56 Å². The van der Waals surface area contributed by atoms with Crippen LogP contribution in [0.5, 0.6) is 0 Å². The Morgan fingerprint density at radius 3 is 2.61 bits per heavy atom. The van der Waals surface area contributed by atoms with E-state index in [0.717, 1.165) is 58.5 Å². The molecule has 0 spiro atoms. The van der Waals surface area contributed by atoms with Gasteiger partial charge in [0, 0.05) is 47.8 Å². The van der Waals surface area contributed by atoms with Gasteiger partial charge in [-0.25, -0.2) is 0 Å². The van der Waals surface area contributed by atoms with Gasteiger partial charge in [-0.2, -0.15) is 0 Å². The number of aromatic nitrogens is 3. The van der Waals surface area contributed by atoms with E-state index in [1.54, 1.807) is 30.9 Å². The van der Waals surface area contributed by atoms with E-state index < -0.39 is 0 Å². The molecule has 0 bridgehead atoms. The van der Waals surface area contributed by atoms with Gasteiger partial charge in [0.2, 0.25) is 0 Å². The number of nitrogens with one attached hydrogen (secondary N) is 1. The normalized spacial score (nSPS) is 12.4. The lowest BCUT2D eigenvalue weighted by molar-refractivity contribution is 0.102. The highest BCUT2D eigenvalue weighted by atomic mass is 16.1. The monoisotopic (exact) mass is 406 g/mol. The highest BCUT2D eigenvalue weighted by Gasteiger charge is 2.19. The van der Waals surface area contributed by atoms with Crippen molar-refractivity contribution in [2.75, 3.05) is 5.32 Å². The lowest BCUT2D eigenvalue weighted by Crippen LogP contribution is -2.14. The number of carbonyl (C=O) groups is 1. The van der Waals surface area contributed by atoms with Crippen LogP contribution in [0, 0.1) is 6.92 Å². The van der Waals surface area contributed by atoms with Crippen LogP contribution in [0.15, 0.2) is 73.4 Å². The molecule has 5 rings (SSSR count). The van der Waals surface area contributed by atoms with Gasteiger partial charge in [0.25, 0.3) is 5.91 Å². The average Bonchev–Trinajstić information content (AvgIpc) is 2.99. The summed E-state index contributed by atoms with van der Waals surface area (Å²) in [4.78, 5) is 25.9. The van der Waals surface area contributed by atoms with Gasteiger partial charge in [0.05, 0.1) is 11.3 Å². The molecule has 0 radical (unpaired) electrons. The van der Waals surface area contributed by atoms with Crippen molar-refractivity contribution < 1.29 is 4.79 Å². The summed E-state index contributed by atoms with van der Waals surface area (Å²) in [5, 5.41) is 2.97. The van der Waals surface area contributed by atoms with Gasteiger partial charge < -0.3 is 5.32 Å². The summed E-state index contributed by atoms with van der Waals surface area (Å²) in [6, 6.07) is 14.3. The quantitative estimate of drug-likeness (QED) is 0.504. The Morgan fingerprint density at radius 2 is 1.77 bits per heavy atom. The van der Waals surface area contributed by atoms with Crippen LogP contribution in [0.3, 0.4) is 0 Å². The molecular formula is C26H22N4O. The fraction of sp³-hybridized carbons (Fsp3) is 0.154. The Kier molecular flexibility index (Phi) is 5.00. The maximum Gasteiger partial charge on any atom is 0.257 e. The zero-order chi connectivity index (χ0) is 21.2. The molecule has 3 heterocycles. The van der Waals surface area contributed by atoms with Crippen LogP contribution in [0.1, 0.15) is 33.5 Å². The van der Waals surface area contributed by atoms with E-state index >= 15 is 0 Å². The zero-order valence-corrected chi connectivity index (χ0v) is 17.3. The Bertz CT molecular complexity index is 1270. The third kappa shape index (κ3) is 3.82. The first kappa shape index (κ1) is 19.1. The maximum atomic E-state index is 12.8. The topological polar surface area (TPSA) is 67.8 Å². The first-order valence-electron chi connectivity index (χ1n) is 10.4. The largest absolute Gasteiger partial charge is 0.322 e. The highest BCUT2D eigenvalue weighted by molar-refractivity contribution is 6.04. The van der Waals surface area contributed by atoms with Crippen LogP contribution < -0.4 is 5.32 Å². The Balaban J connectivity index is 1.51. The molecule has 5 nitrogen and oxygen atoms in total. The Labute approximate surface area is 181 Å². The van der Waals surface area contributed by atoms with E-state index in [-0.39, 0.29) is 5.91 Å². The van der Waals surface area contributed by atoms with Crippen LogP contribution in [0.25, 0.3) is 22.4 Å². The summed E-state index contributed by atoms with van der Waals surface area (Å²) in [5.41, 5.74) is 8.99. The van der Waals surface area contributed by atoms with Crippen molar-refractivity contribution in [1.82, 2.24) is 15.0 Å². The Morgan fingerprint density at radius 1 is 0.903 bits per heavy atom. The zero-order valence-electron chi connectivity index (χ0n) is 17.3. The van der Waals surface area contributed by atoms with E-state index in [0.29, 0.717) is 5.56 Å². The number of aryl methyl sites for hydroxylation is 3. The maximum absolute atomic E-state index is 12.8. The number of pyridine rings is 3. The van der Waals surface area contributed by atoms with Gasteiger partial charge in [-0.15, -0.1) is 0 Å². The molecule has 152 valence electrons. The predicted molar refractivity (Wildman–Crippen MR) is 122 cm³/mol. The summed E-state index contributed by atoms with van der Waals surface area (Å²) in [7, 11) is 0. The number of amides is 1. The van der Waals surface area contributed by atoms with Crippen molar-refractivity contribution in [2.45, 2.75) is 26.2 Å². The molecule has 0 saturated heterocycles. The second-order valence-corrected chi connectivity index (χ2v) is 7.84. The fourth-order valence-corrected chi connectivity index (χ4v) is 4.07. The first-order valence-corrected chi connectivity index (χ1v) is 10.4. The van der Waals surface area contributed by atoms with Crippen molar-refractivity contribution in [3.05, 3.63) is 95.7 Å². The van der Waals surface area contributed by atoms with E-state index in [2.05, 4.69) is 39.6 Å². The number of rotatable bonds is 3. The fourth-order valence-electron chi connectivity index (χ4n) is 4.07. The van der Waals surface area contributed by atoms with Crippen molar-refractivity contribution in [1.29, 1.82) is 0 Å². The second kappa shape index (κ2) is 8.11. The van der Waals surface area contributed by atoms with Crippen molar-refractivity contribution in [3.63, 3.8) is 0 Å². The third-order valence-corrected chi connectivity index (χ3v) is 5.75. The molecule has 0 saturated carbocycles.